The Balaban J connectivity index is 1.55. The molecule has 0 aliphatic heterocycles. The van der Waals surface area contributed by atoms with Crippen LogP contribution in [0.2, 0.25) is 0 Å². The fraction of sp³-hybridized carbons (Fsp3) is 0.136. The van der Waals surface area contributed by atoms with E-state index in [1.54, 1.807) is 0 Å². The van der Waals surface area contributed by atoms with Crippen molar-refractivity contribution >= 4 is 27.6 Å². The van der Waals surface area contributed by atoms with Gasteiger partial charge in [0, 0.05) is 11.9 Å². The molecule has 3 aromatic carbocycles. The molecule has 3 heteroatoms. The highest BCUT2D eigenvalue weighted by Crippen LogP contribution is 2.28. The van der Waals surface area contributed by atoms with Crippen molar-refractivity contribution in [2.24, 2.45) is 0 Å². The lowest BCUT2D eigenvalue weighted by molar-refractivity contribution is 0.0926. The summed E-state index contributed by atoms with van der Waals surface area (Å²) in [6.07, 6.45) is 0. The van der Waals surface area contributed by atoms with Crippen LogP contribution >= 0.6 is 0 Å². The van der Waals surface area contributed by atoms with E-state index in [1.807, 2.05) is 54.6 Å². The molecule has 0 aliphatic rings. The Labute approximate surface area is 146 Å². The molecule has 0 saturated heterocycles. The van der Waals surface area contributed by atoms with Gasteiger partial charge in [0.2, 0.25) is 0 Å². The summed E-state index contributed by atoms with van der Waals surface area (Å²) in [6, 6.07) is 24.0. The summed E-state index contributed by atoms with van der Waals surface area (Å²) in [4.78, 5) is 12.5. The van der Waals surface area contributed by atoms with E-state index in [-0.39, 0.29) is 11.8 Å². The molecule has 0 aliphatic carbocycles. The third-order valence-electron chi connectivity index (χ3n) is 4.59. The van der Waals surface area contributed by atoms with Crippen molar-refractivity contribution in [1.29, 1.82) is 0 Å². The van der Waals surface area contributed by atoms with Crippen molar-refractivity contribution in [2.45, 2.75) is 12.8 Å². The van der Waals surface area contributed by atoms with Crippen LogP contribution in [0.3, 0.4) is 0 Å². The number of carbonyl (C=O) groups excluding carboxylic acids is 1. The number of benzene rings is 3. The van der Waals surface area contributed by atoms with Gasteiger partial charge in [-0.05, 0) is 34.4 Å². The van der Waals surface area contributed by atoms with Crippen molar-refractivity contribution in [3.05, 3.63) is 84.1 Å². The Morgan fingerprint density at radius 3 is 2.56 bits per heavy atom. The highest BCUT2D eigenvalue weighted by atomic mass is 16.3. The van der Waals surface area contributed by atoms with Crippen molar-refractivity contribution < 1.29 is 9.21 Å². The van der Waals surface area contributed by atoms with E-state index in [4.69, 9.17) is 4.42 Å². The molecule has 0 bridgehead atoms. The Morgan fingerprint density at radius 2 is 1.72 bits per heavy atom. The molecule has 0 saturated carbocycles. The molecule has 4 rings (SSSR count). The van der Waals surface area contributed by atoms with Crippen molar-refractivity contribution in [2.75, 3.05) is 6.54 Å². The first-order valence-corrected chi connectivity index (χ1v) is 8.47. The van der Waals surface area contributed by atoms with Crippen LogP contribution in [0, 0.1) is 0 Å². The van der Waals surface area contributed by atoms with E-state index in [0.717, 1.165) is 21.7 Å². The molecule has 1 aromatic heterocycles. The van der Waals surface area contributed by atoms with Gasteiger partial charge in [-0.25, -0.2) is 0 Å². The molecule has 0 fully saturated rings. The molecule has 0 unspecified atom stereocenters. The number of hydrogen-bond acceptors (Lipinski definition) is 2. The van der Waals surface area contributed by atoms with Gasteiger partial charge in [0.15, 0.2) is 5.76 Å². The predicted octanol–water partition coefficient (Wildman–Crippen LogP) is 5.12. The number of nitrogens with one attached hydrogen (secondary N) is 1. The van der Waals surface area contributed by atoms with Crippen LogP contribution in [0.1, 0.15) is 29.0 Å². The lowest BCUT2D eigenvalue weighted by Crippen LogP contribution is -2.27. The van der Waals surface area contributed by atoms with Gasteiger partial charge >= 0.3 is 0 Å². The van der Waals surface area contributed by atoms with Crippen LogP contribution < -0.4 is 5.32 Å². The highest BCUT2D eigenvalue weighted by molar-refractivity contribution is 6.08. The van der Waals surface area contributed by atoms with Gasteiger partial charge in [-0.15, -0.1) is 0 Å². The molecule has 1 N–H and O–H groups in total. The maximum absolute atomic E-state index is 12.5. The lowest BCUT2D eigenvalue weighted by atomic mass is 10.0. The Morgan fingerprint density at radius 1 is 0.960 bits per heavy atom. The van der Waals surface area contributed by atoms with Gasteiger partial charge in [0.25, 0.3) is 5.91 Å². The summed E-state index contributed by atoms with van der Waals surface area (Å²) in [5, 5.41) is 6.18. The molecule has 0 radical (unpaired) electrons. The number of carbonyl (C=O) groups is 1. The van der Waals surface area contributed by atoms with Gasteiger partial charge in [0.1, 0.15) is 5.58 Å². The zero-order chi connectivity index (χ0) is 17.2. The Hall–Kier alpha value is -3.07. The van der Waals surface area contributed by atoms with E-state index in [1.165, 1.54) is 5.56 Å². The largest absolute Gasteiger partial charge is 0.451 e. The maximum Gasteiger partial charge on any atom is 0.287 e. The molecule has 1 atom stereocenters. The number of furan rings is 1. The van der Waals surface area contributed by atoms with Crippen LogP contribution in [-0.2, 0) is 0 Å². The van der Waals surface area contributed by atoms with E-state index >= 15 is 0 Å². The van der Waals surface area contributed by atoms with Crippen molar-refractivity contribution in [3.8, 4) is 0 Å². The standard InChI is InChI=1S/C22H19NO2/c1-15(16-7-3-2-4-8-16)14-23-22(24)21-13-19-18-10-6-5-9-17(18)11-12-20(19)25-21/h2-13,15H,14H2,1H3,(H,23,24)/t15-/m0/s1. The monoisotopic (exact) mass is 329 g/mol. The van der Waals surface area contributed by atoms with E-state index in [2.05, 4.69) is 30.4 Å². The lowest BCUT2D eigenvalue weighted by Gasteiger charge is -2.12. The summed E-state index contributed by atoms with van der Waals surface area (Å²) in [7, 11) is 0. The van der Waals surface area contributed by atoms with E-state index < -0.39 is 0 Å². The second-order valence-corrected chi connectivity index (χ2v) is 6.33. The third-order valence-corrected chi connectivity index (χ3v) is 4.59. The summed E-state index contributed by atoms with van der Waals surface area (Å²) in [6.45, 7) is 2.67. The summed E-state index contributed by atoms with van der Waals surface area (Å²) >= 11 is 0. The number of rotatable bonds is 4. The minimum Gasteiger partial charge on any atom is -0.451 e. The summed E-state index contributed by atoms with van der Waals surface area (Å²) in [5.41, 5.74) is 1.94. The van der Waals surface area contributed by atoms with E-state index in [9.17, 15) is 4.79 Å². The van der Waals surface area contributed by atoms with Gasteiger partial charge in [-0.1, -0.05) is 67.6 Å². The molecular formula is C22H19NO2. The van der Waals surface area contributed by atoms with Crippen molar-refractivity contribution in [1.82, 2.24) is 5.32 Å². The SMILES string of the molecule is C[C@@H](CNC(=O)c1cc2c(ccc3ccccc32)o1)c1ccccc1. The second kappa shape index (κ2) is 6.44. The summed E-state index contributed by atoms with van der Waals surface area (Å²) < 4.78 is 5.76. The fourth-order valence-corrected chi connectivity index (χ4v) is 3.14. The van der Waals surface area contributed by atoms with E-state index in [0.29, 0.717) is 12.3 Å². The first-order chi connectivity index (χ1) is 12.2. The van der Waals surface area contributed by atoms with Gasteiger partial charge in [0.05, 0.1) is 0 Å². The topological polar surface area (TPSA) is 42.2 Å². The molecule has 25 heavy (non-hydrogen) atoms. The molecule has 124 valence electrons. The first-order valence-electron chi connectivity index (χ1n) is 8.47. The zero-order valence-electron chi connectivity index (χ0n) is 14.0. The predicted molar refractivity (Wildman–Crippen MR) is 101 cm³/mol. The van der Waals surface area contributed by atoms with Crippen molar-refractivity contribution in [3.63, 3.8) is 0 Å². The molecule has 1 amide bonds. The van der Waals surface area contributed by atoms with Gasteiger partial charge < -0.3 is 9.73 Å². The molecule has 4 aromatic rings. The van der Waals surface area contributed by atoms with Gasteiger partial charge in [-0.2, -0.15) is 0 Å². The number of fused-ring (bicyclic) bond motifs is 3. The maximum atomic E-state index is 12.5. The average molecular weight is 329 g/mol. The number of hydrogen-bond donors (Lipinski definition) is 1. The third kappa shape index (κ3) is 3.01. The second-order valence-electron chi connectivity index (χ2n) is 6.33. The number of amides is 1. The molecular weight excluding hydrogens is 310 g/mol. The van der Waals surface area contributed by atoms with Crippen LogP contribution in [0.4, 0.5) is 0 Å². The fourth-order valence-electron chi connectivity index (χ4n) is 3.14. The van der Waals surface area contributed by atoms with Crippen LogP contribution in [-0.4, -0.2) is 12.5 Å². The summed E-state index contributed by atoms with van der Waals surface area (Å²) in [5.74, 6) is 0.421. The minimum atomic E-state index is -0.178. The normalized spacial score (nSPS) is 12.4. The van der Waals surface area contributed by atoms with Gasteiger partial charge in [-0.3, -0.25) is 4.79 Å². The smallest absolute Gasteiger partial charge is 0.287 e. The minimum absolute atomic E-state index is 0.178. The average Bonchev–Trinajstić information content (AvgIpc) is 3.11. The highest BCUT2D eigenvalue weighted by Gasteiger charge is 2.15. The Kier molecular flexibility index (Phi) is 3.98. The van der Waals surface area contributed by atoms with Crippen LogP contribution in [0.5, 0.6) is 0 Å². The first kappa shape index (κ1) is 15.5. The molecule has 1 heterocycles. The molecule has 0 spiro atoms. The van der Waals surface area contributed by atoms with Crippen LogP contribution in [0.25, 0.3) is 21.7 Å². The molecule has 3 nitrogen and oxygen atoms in total. The zero-order valence-corrected chi connectivity index (χ0v) is 14.0. The Bertz CT molecular complexity index is 1030. The quantitative estimate of drug-likeness (QED) is 0.564. The van der Waals surface area contributed by atoms with Crippen LogP contribution in [0.15, 0.2) is 77.2 Å².